The van der Waals surface area contributed by atoms with Crippen LogP contribution in [0.3, 0.4) is 0 Å². The molecule has 0 aliphatic rings. The van der Waals surface area contributed by atoms with Gasteiger partial charge in [0.2, 0.25) is 0 Å². The minimum absolute atomic E-state index is 0.269. The standard InChI is InChI=1S/C13H15FN4S/c1-2-18-8-7-12(17-18)9-15-13(19)16-11-5-3-10(14)4-6-11/h3-8H,2,9H2,1H3,(H2,15,16,19). The maximum atomic E-state index is 12.7. The van der Waals surface area contributed by atoms with Crippen molar-refractivity contribution in [3.05, 3.63) is 48.0 Å². The second-order valence-electron chi connectivity index (χ2n) is 3.98. The van der Waals surface area contributed by atoms with Crippen molar-refractivity contribution in [2.24, 2.45) is 0 Å². The molecule has 1 aromatic heterocycles. The van der Waals surface area contributed by atoms with Crippen LogP contribution < -0.4 is 10.6 Å². The summed E-state index contributed by atoms with van der Waals surface area (Å²) in [5.74, 6) is -0.269. The molecule has 6 heteroatoms. The molecular formula is C13H15FN4S. The van der Waals surface area contributed by atoms with E-state index in [4.69, 9.17) is 12.2 Å². The second-order valence-corrected chi connectivity index (χ2v) is 4.39. The third kappa shape index (κ3) is 4.03. The van der Waals surface area contributed by atoms with Crippen LogP contribution >= 0.6 is 12.2 Å². The largest absolute Gasteiger partial charge is 0.357 e. The summed E-state index contributed by atoms with van der Waals surface area (Å²) >= 11 is 5.15. The molecule has 2 rings (SSSR count). The van der Waals surface area contributed by atoms with Crippen molar-refractivity contribution in [2.75, 3.05) is 5.32 Å². The lowest BCUT2D eigenvalue weighted by molar-refractivity contribution is 0.628. The molecule has 0 unspecified atom stereocenters. The van der Waals surface area contributed by atoms with Gasteiger partial charge in [0.05, 0.1) is 12.2 Å². The van der Waals surface area contributed by atoms with Gasteiger partial charge in [-0.05, 0) is 49.5 Å². The highest BCUT2D eigenvalue weighted by atomic mass is 32.1. The van der Waals surface area contributed by atoms with Crippen molar-refractivity contribution in [1.29, 1.82) is 0 Å². The summed E-state index contributed by atoms with van der Waals surface area (Å²) in [7, 11) is 0. The van der Waals surface area contributed by atoms with Crippen molar-refractivity contribution in [3.63, 3.8) is 0 Å². The van der Waals surface area contributed by atoms with E-state index < -0.39 is 0 Å². The molecule has 2 aromatic rings. The molecule has 0 spiro atoms. The molecule has 1 heterocycles. The summed E-state index contributed by atoms with van der Waals surface area (Å²) in [6, 6.07) is 7.98. The first-order valence-corrected chi connectivity index (χ1v) is 6.41. The molecule has 0 aliphatic heterocycles. The van der Waals surface area contributed by atoms with Crippen molar-refractivity contribution in [3.8, 4) is 0 Å². The number of benzene rings is 1. The van der Waals surface area contributed by atoms with Crippen LogP contribution in [0.15, 0.2) is 36.5 Å². The Balaban J connectivity index is 1.82. The summed E-state index contributed by atoms with van der Waals surface area (Å²) < 4.78 is 14.6. The van der Waals surface area contributed by atoms with E-state index in [9.17, 15) is 4.39 Å². The minimum Gasteiger partial charge on any atom is -0.357 e. The molecule has 0 aliphatic carbocycles. The van der Waals surface area contributed by atoms with Crippen molar-refractivity contribution < 1.29 is 4.39 Å². The number of hydrogen-bond donors (Lipinski definition) is 2. The molecule has 19 heavy (non-hydrogen) atoms. The first kappa shape index (κ1) is 13.5. The highest BCUT2D eigenvalue weighted by Crippen LogP contribution is 2.07. The first-order valence-electron chi connectivity index (χ1n) is 6.00. The Morgan fingerprint density at radius 3 is 2.68 bits per heavy atom. The van der Waals surface area contributed by atoms with E-state index in [1.165, 1.54) is 12.1 Å². The fourth-order valence-electron chi connectivity index (χ4n) is 1.55. The molecule has 1 aromatic carbocycles. The SMILES string of the molecule is CCn1ccc(CNC(=S)Nc2ccc(F)cc2)n1. The van der Waals surface area contributed by atoms with Crippen LogP contribution in [0, 0.1) is 5.82 Å². The fourth-order valence-corrected chi connectivity index (χ4v) is 1.74. The zero-order valence-corrected chi connectivity index (χ0v) is 11.4. The molecular weight excluding hydrogens is 263 g/mol. The monoisotopic (exact) mass is 278 g/mol. The van der Waals surface area contributed by atoms with Gasteiger partial charge < -0.3 is 10.6 Å². The van der Waals surface area contributed by atoms with Gasteiger partial charge in [-0.2, -0.15) is 5.10 Å². The maximum absolute atomic E-state index is 12.7. The Hall–Kier alpha value is -1.95. The number of thiocarbonyl (C=S) groups is 1. The zero-order valence-electron chi connectivity index (χ0n) is 10.6. The lowest BCUT2D eigenvalue weighted by Gasteiger charge is -2.09. The van der Waals surface area contributed by atoms with Crippen LogP contribution in [0.5, 0.6) is 0 Å². The zero-order chi connectivity index (χ0) is 13.7. The van der Waals surface area contributed by atoms with Gasteiger partial charge in [0.1, 0.15) is 5.82 Å². The smallest absolute Gasteiger partial charge is 0.171 e. The maximum Gasteiger partial charge on any atom is 0.171 e. The normalized spacial score (nSPS) is 10.2. The first-order chi connectivity index (χ1) is 9.17. The molecule has 0 amide bonds. The van der Waals surface area contributed by atoms with E-state index in [-0.39, 0.29) is 5.82 Å². The van der Waals surface area contributed by atoms with Gasteiger partial charge >= 0.3 is 0 Å². The van der Waals surface area contributed by atoms with Gasteiger partial charge in [0.25, 0.3) is 0 Å². The second kappa shape index (κ2) is 6.29. The van der Waals surface area contributed by atoms with E-state index in [1.807, 2.05) is 23.9 Å². The lowest BCUT2D eigenvalue weighted by atomic mass is 10.3. The summed E-state index contributed by atoms with van der Waals surface area (Å²) in [6.07, 6.45) is 1.92. The minimum atomic E-state index is -0.269. The molecule has 0 bridgehead atoms. The van der Waals surface area contributed by atoms with Gasteiger partial charge in [-0.15, -0.1) is 0 Å². The Morgan fingerprint density at radius 2 is 2.05 bits per heavy atom. The molecule has 0 radical (unpaired) electrons. The van der Waals surface area contributed by atoms with Crippen molar-refractivity contribution in [2.45, 2.75) is 20.0 Å². The quantitative estimate of drug-likeness (QED) is 0.843. The Bertz CT molecular complexity index is 550. The summed E-state index contributed by atoms with van der Waals surface area (Å²) in [6.45, 7) is 3.43. The van der Waals surface area contributed by atoms with E-state index in [0.717, 1.165) is 17.9 Å². The predicted molar refractivity (Wildman–Crippen MR) is 77.4 cm³/mol. The predicted octanol–water partition coefficient (Wildman–Crippen LogP) is 2.53. The molecule has 0 saturated carbocycles. The Morgan fingerprint density at radius 1 is 1.32 bits per heavy atom. The van der Waals surface area contributed by atoms with Crippen molar-refractivity contribution in [1.82, 2.24) is 15.1 Å². The van der Waals surface area contributed by atoms with E-state index in [2.05, 4.69) is 15.7 Å². The van der Waals surface area contributed by atoms with Gasteiger partial charge in [-0.1, -0.05) is 0 Å². The van der Waals surface area contributed by atoms with Crippen LogP contribution in [0.2, 0.25) is 0 Å². The number of anilines is 1. The summed E-state index contributed by atoms with van der Waals surface area (Å²) in [5.41, 5.74) is 1.67. The lowest BCUT2D eigenvalue weighted by Crippen LogP contribution is -2.28. The average Bonchev–Trinajstić information content (AvgIpc) is 2.87. The number of halogens is 1. The number of nitrogens with one attached hydrogen (secondary N) is 2. The van der Waals surface area contributed by atoms with Gasteiger partial charge in [0, 0.05) is 18.4 Å². The van der Waals surface area contributed by atoms with Gasteiger partial charge in [0.15, 0.2) is 5.11 Å². The topological polar surface area (TPSA) is 41.9 Å². The van der Waals surface area contributed by atoms with E-state index >= 15 is 0 Å². The van der Waals surface area contributed by atoms with Crippen LogP contribution in [0.1, 0.15) is 12.6 Å². The number of rotatable bonds is 4. The van der Waals surface area contributed by atoms with Crippen molar-refractivity contribution >= 4 is 23.0 Å². The molecule has 0 fully saturated rings. The van der Waals surface area contributed by atoms with Gasteiger partial charge in [-0.25, -0.2) is 4.39 Å². The van der Waals surface area contributed by atoms with Gasteiger partial charge in [-0.3, -0.25) is 4.68 Å². The fraction of sp³-hybridized carbons (Fsp3) is 0.231. The van der Waals surface area contributed by atoms with Crippen LogP contribution in [0.25, 0.3) is 0 Å². The molecule has 100 valence electrons. The van der Waals surface area contributed by atoms with E-state index in [1.54, 1.807) is 12.1 Å². The number of aromatic nitrogens is 2. The Labute approximate surface area is 116 Å². The van der Waals surface area contributed by atoms with Crippen LogP contribution in [0.4, 0.5) is 10.1 Å². The highest BCUT2D eigenvalue weighted by molar-refractivity contribution is 7.80. The summed E-state index contributed by atoms with van der Waals surface area (Å²) in [4.78, 5) is 0. The Kier molecular flexibility index (Phi) is 4.46. The third-order valence-electron chi connectivity index (χ3n) is 2.55. The van der Waals surface area contributed by atoms with Crippen LogP contribution in [-0.2, 0) is 13.1 Å². The molecule has 2 N–H and O–H groups in total. The average molecular weight is 278 g/mol. The molecule has 0 atom stereocenters. The number of hydrogen-bond acceptors (Lipinski definition) is 2. The number of nitrogens with zero attached hydrogens (tertiary/aromatic N) is 2. The number of aryl methyl sites for hydroxylation is 1. The summed E-state index contributed by atoms with van der Waals surface area (Å²) in [5, 5.41) is 10.8. The third-order valence-corrected chi connectivity index (χ3v) is 2.80. The van der Waals surface area contributed by atoms with E-state index in [0.29, 0.717) is 11.7 Å². The molecule has 4 nitrogen and oxygen atoms in total. The van der Waals surface area contributed by atoms with Crippen LogP contribution in [-0.4, -0.2) is 14.9 Å². The molecule has 0 saturated heterocycles. The highest BCUT2D eigenvalue weighted by Gasteiger charge is 2.01.